The summed E-state index contributed by atoms with van der Waals surface area (Å²) in [7, 11) is 1.57. The molecule has 0 aliphatic heterocycles. The predicted molar refractivity (Wildman–Crippen MR) is 134 cm³/mol. The van der Waals surface area contributed by atoms with Crippen LogP contribution in [0.5, 0.6) is 11.5 Å². The molecule has 0 aliphatic rings. The Kier molecular flexibility index (Phi) is 7.79. The van der Waals surface area contributed by atoms with Gasteiger partial charge in [-0.05, 0) is 61.9 Å². The van der Waals surface area contributed by atoms with Crippen LogP contribution >= 0.6 is 11.8 Å². The first-order chi connectivity index (χ1) is 17.0. The number of anilines is 1. The SMILES string of the molecule is COc1cc(/C=C/C(=O)Nc2ccnc(Sc3ccccn3)c2)ccc1OCc1c(C)noc1C. The number of hydrogen-bond donors (Lipinski definition) is 1. The van der Waals surface area contributed by atoms with Crippen LogP contribution in [0, 0.1) is 13.8 Å². The molecule has 0 unspecified atom stereocenters. The second-order valence-electron chi connectivity index (χ2n) is 7.48. The number of amides is 1. The maximum Gasteiger partial charge on any atom is 0.248 e. The lowest BCUT2D eigenvalue weighted by Crippen LogP contribution is -2.07. The average molecular weight is 489 g/mol. The number of nitrogens with one attached hydrogen (secondary N) is 1. The van der Waals surface area contributed by atoms with Gasteiger partial charge in [0.05, 0.1) is 18.4 Å². The minimum Gasteiger partial charge on any atom is -0.493 e. The fourth-order valence-electron chi connectivity index (χ4n) is 3.18. The number of aromatic nitrogens is 3. The lowest BCUT2D eigenvalue weighted by molar-refractivity contribution is -0.111. The number of pyridine rings is 2. The molecular formula is C26H24N4O4S. The summed E-state index contributed by atoms with van der Waals surface area (Å²) in [6.07, 6.45) is 6.55. The number of carbonyl (C=O) groups excluding carboxylic acids is 1. The smallest absolute Gasteiger partial charge is 0.248 e. The third-order valence-corrected chi connectivity index (χ3v) is 5.90. The zero-order chi connectivity index (χ0) is 24.6. The van der Waals surface area contributed by atoms with E-state index in [0.717, 1.165) is 32.6 Å². The van der Waals surface area contributed by atoms with Gasteiger partial charge in [-0.15, -0.1) is 0 Å². The van der Waals surface area contributed by atoms with Gasteiger partial charge in [-0.2, -0.15) is 0 Å². The number of rotatable bonds is 9. The van der Waals surface area contributed by atoms with E-state index < -0.39 is 0 Å². The number of nitrogens with zero attached hydrogens (tertiary/aromatic N) is 3. The highest BCUT2D eigenvalue weighted by atomic mass is 32.2. The molecule has 0 saturated carbocycles. The molecule has 1 N–H and O–H groups in total. The molecule has 1 amide bonds. The highest BCUT2D eigenvalue weighted by molar-refractivity contribution is 7.99. The molecule has 1 aromatic carbocycles. The molecule has 4 aromatic rings. The van der Waals surface area contributed by atoms with Crippen molar-refractivity contribution in [2.24, 2.45) is 0 Å². The van der Waals surface area contributed by atoms with Crippen molar-refractivity contribution in [2.75, 3.05) is 12.4 Å². The number of aryl methyl sites for hydroxylation is 2. The van der Waals surface area contributed by atoms with E-state index in [0.29, 0.717) is 23.8 Å². The molecule has 9 heteroatoms. The summed E-state index contributed by atoms with van der Waals surface area (Å²) < 4.78 is 16.5. The maximum atomic E-state index is 12.5. The zero-order valence-electron chi connectivity index (χ0n) is 19.5. The molecule has 3 aromatic heterocycles. The van der Waals surface area contributed by atoms with Gasteiger partial charge >= 0.3 is 0 Å². The van der Waals surface area contributed by atoms with Crippen LogP contribution in [0.15, 0.2) is 81.6 Å². The van der Waals surface area contributed by atoms with Crippen molar-refractivity contribution < 1.29 is 18.8 Å². The van der Waals surface area contributed by atoms with Crippen molar-refractivity contribution in [2.45, 2.75) is 30.5 Å². The zero-order valence-corrected chi connectivity index (χ0v) is 20.3. The van der Waals surface area contributed by atoms with Gasteiger partial charge < -0.3 is 19.3 Å². The van der Waals surface area contributed by atoms with Crippen molar-refractivity contribution in [3.05, 3.63) is 89.6 Å². The Bertz CT molecular complexity index is 1320. The van der Waals surface area contributed by atoms with E-state index in [1.54, 1.807) is 49.8 Å². The second kappa shape index (κ2) is 11.3. The normalized spacial score (nSPS) is 10.9. The standard InChI is InChI=1S/C26H24N4O4S/c1-17-21(18(2)34-30-17)16-33-22-9-7-19(14-23(22)32-3)8-10-24(31)29-20-11-13-28-26(15-20)35-25-6-4-5-12-27-25/h4-15H,16H2,1-3H3,(H,28,29,31)/b10-8+. The van der Waals surface area contributed by atoms with Crippen LogP contribution in [-0.4, -0.2) is 28.1 Å². The second-order valence-corrected chi connectivity index (χ2v) is 8.52. The summed E-state index contributed by atoms with van der Waals surface area (Å²) in [5.41, 5.74) is 3.14. The number of ether oxygens (including phenoxy) is 2. The van der Waals surface area contributed by atoms with E-state index in [1.807, 2.05) is 38.1 Å². The van der Waals surface area contributed by atoms with Crippen LogP contribution in [0.25, 0.3) is 6.08 Å². The summed E-state index contributed by atoms with van der Waals surface area (Å²) in [6.45, 7) is 4.04. The Balaban J connectivity index is 1.37. The van der Waals surface area contributed by atoms with Crippen molar-refractivity contribution in [1.29, 1.82) is 0 Å². The summed E-state index contributed by atoms with van der Waals surface area (Å²) in [5, 5.41) is 8.36. The Hall–Kier alpha value is -4.11. The molecule has 0 spiro atoms. The average Bonchev–Trinajstić information content (AvgIpc) is 3.19. The Morgan fingerprint density at radius 2 is 1.91 bits per heavy atom. The number of benzene rings is 1. The minimum absolute atomic E-state index is 0.261. The molecule has 4 rings (SSSR count). The molecule has 178 valence electrons. The topological polar surface area (TPSA) is 99.4 Å². The van der Waals surface area contributed by atoms with Crippen LogP contribution in [0.4, 0.5) is 5.69 Å². The summed E-state index contributed by atoms with van der Waals surface area (Å²) in [4.78, 5) is 21.1. The van der Waals surface area contributed by atoms with Crippen molar-refractivity contribution >= 4 is 29.4 Å². The van der Waals surface area contributed by atoms with E-state index in [1.165, 1.54) is 17.8 Å². The molecular weight excluding hydrogens is 464 g/mol. The third kappa shape index (κ3) is 6.48. The number of methoxy groups -OCH3 is 1. The van der Waals surface area contributed by atoms with Gasteiger partial charge in [0.15, 0.2) is 11.5 Å². The monoisotopic (exact) mass is 488 g/mol. The van der Waals surface area contributed by atoms with Gasteiger partial charge in [0, 0.05) is 24.2 Å². The van der Waals surface area contributed by atoms with E-state index in [2.05, 4.69) is 20.4 Å². The van der Waals surface area contributed by atoms with Crippen LogP contribution in [0.3, 0.4) is 0 Å². The highest BCUT2D eigenvalue weighted by Crippen LogP contribution is 2.30. The Morgan fingerprint density at radius 1 is 1.06 bits per heavy atom. The molecule has 35 heavy (non-hydrogen) atoms. The molecule has 8 nitrogen and oxygen atoms in total. The van der Waals surface area contributed by atoms with Gasteiger partial charge in [0.2, 0.25) is 5.91 Å². The van der Waals surface area contributed by atoms with Gasteiger partial charge in [-0.3, -0.25) is 4.79 Å². The molecule has 0 atom stereocenters. The molecule has 0 fully saturated rings. The van der Waals surface area contributed by atoms with E-state index >= 15 is 0 Å². The summed E-state index contributed by atoms with van der Waals surface area (Å²) in [6, 6.07) is 14.7. The first-order valence-corrected chi connectivity index (χ1v) is 11.6. The molecule has 0 saturated heterocycles. The molecule has 0 radical (unpaired) electrons. The van der Waals surface area contributed by atoms with Gasteiger partial charge in [-0.1, -0.05) is 29.1 Å². The third-order valence-electron chi connectivity index (χ3n) is 5.02. The van der Waals surface area contributed by atoms with E-state index in [9.17, 15) is 4.79 Å². The largest absolute Gasteiger partial charge is 0.493 e. The summed E-state index contributed by atoms with van der Waals surface area (Å²) in [5.74, 6) is 1.61. The molecule has 0 aliphatic carbocycles. The summed E-state index contributed by atoms with van der Waals surface area (Å²) >= 11 is 1.42. The van der Waals surface area contributed by atoms with Crippen LogP contribution < -0.4 is 14.8 Å². The fraction of sp³-hybridized carbons (Fsp3) is 0.154. The van der Waals surface area contributed by atoms with Crippen molar-refractivity contribution in [1.82, 2.24) is 15.1 Å². The lowest BCUT2D eigenvalue weighted by Gasteiger charge is -2.11. The molecule has 3 heterocycles. The van der Waals surface area contributed by atoms with Crippen LogP contribution in [0.1, 0.15) is 22.6 Å². The minimum atomic E-state index is -0.261. The lowest BCUT2D eigenvalue weighted by atomic mass is 10.2. The van der Waals surface area contributed by atoms with Gasteiger partial charge in [0.25, 0.3) is 0 Å². The van der Waals surface area contributed by atoms with Gasteiger partial charge in [-0.25, -0.2) is 9.97 Å². The number of hydrogen-bond acceptors (Lipinski definition) is 8. The Morgan fingerprint density at radius 3 is 2.66 bits per heavy atom. The van der Waals surface area contributed by atoms with E-state index in [4.69, 9.17) is 14.0 Å². The van der Waals surface area contributed by atoms with Gasteiger partial charge in [0.1, 0.15) is 22.4 Å². The van der Waals surface area contributed by atoms with E-state index in [-0.39, 0.29) is 5.91 Å². The van der Waals surface area contributed by atoms with Crippen molar-refractivity contribution in [3.63, 3.8) is 0 Å². The van der Waals surface area contributed by atoms with Crippen molar-refractivity contribution in [3.8, 4) is 11.5 Å². The predicted octanol–water partition coefficient (Wildman–Crippen LogP) is 5.47. The fourth-order valence-corrected chi connectivity index (χ4v) is 3.95. The Labute approximate surface area is 207 Å². The maximum absolute atomic E-state index is 12.5. The first-order valence-electron chi connectivity index (χ1n) is 10.8. The van der Waals surface area contributed by atoms with Crippen LogP contribution in [0.2, 0.25) is 0 Å². The quantitative estimate of drug-likeness (QED) is 0.310. The number of carbonyl (C=O) groups is 1. The highest BCUT2D eigenvalue weighted by Gasteiger charge is 2.12. The molecule has 0 bridgehead atoms. The van der Waals surface area contributed by atoms with Crippen LogP contribution in [-0.2, 0) is 11.4 Å². The first kappa shape index (κ1) is 24.0.